The van der Waals surface area contributed by atoms with Gasteiger partial charge in [-0.05, 0) is 22.3 Å². The van der Waals surface area contributed by atoms with E-state index in [9.17, 15) is 10.0 Å². The summed E-state index contributed by atoms with van der Waals surface area (Å²) in [5, 5.41) is 20.7. The van der Waals surface area contributed by atoms with Gasteiger partial charge in [0.15, 0.2) is 17.5 Å². The number of benzene rings is 4. The van der Waals surface area contributed by atoms with Crippen LogP contribution in [0.4, 0.5) is 0 Å². The van der Waals surface area contributed by atoms with E-state index in [4.69, 9.17) is 15.0 Å². The Kier molecular flexibility index (Phi) is 5.00. The third-order valence-electron chi connectivity index (χ3n) is 5.12. The van der Waals surface area contributed by atoms with Crippen LogP contribution in [-0.4, -0.2) is 32.1 Å². The van der Waals surface area contributed by atoms with Crippen LogP contribution in [0.1, 0.15) is 0 Å². The lowest BCUT2D eigenvalue weighted by Crippen LogP contribution is -2.29. The van der Waals surface area contributed by atoms with Gasteiger partial charge in [-0.3, -0.25) is 0 Å². The molecule has 5 rings (SSSR count). The maximum atomic E-state index is 9.42. The minimum Gasteiger partial charge on any atom is -0.423 e. The molecule has 0 saturated heterocycles. The van der Waals surface area contributed by atoms with Crippen LogP contribution in [-0.2, 0) is 0 Å². The second kappa shape index (κ2) is 8.10. The molecule has 2 N–H and O–H groups in total. The maximum absolute atomic E-state index is 9.42. The van der Waals surface area contributed by atoms with Crippen LogP contribution in [0, 0.1) is 0 Å². The van der Waals surface area contributed by atoms with E-state index >= 15 is 0 Å². The Morgan fingerprint density at radius 3 is 1.52 bits per heavy atom. The Labute approximate surface area is 179 Å². The molecule has 0 aliphatic carbocycles. The topological polar surface area (TPSA) is 79.1 Å². The molecular weight excluding hydrogens is 385 g/mol. The first-order valence-electron chi connectivity index (χ1n) is 9.94. The highest BCUT2D eigenvalue weighted by Crippen LogP contribution is 2.26. The molecule has 0 fully saturated rings. The van der Waals surface area contributed by atoms with Crippen molar-refractivity contribution in [3.63, 3.8) is 0 Å². The molecule has 1 aromatic heterocycles. The van der Waals surface area contributed by atoms with Gasteiger partial charge in [-0.1, -0.05) is 91.0 Å². The summed E-state index contributed by atoms with van der Waals surface area (Å²) in [5.41, 5.74) is 3.16. The number of fused-ring (bicyclic) bond motifs is 1. The highest BCUT2D eigenvalue weighted by atomic mass is 16.4. The normalized spacial score (nSPS) is 10.9. The fourth-order valence-electron chi connectivity index (χ4n) is 3.50. The van der Waals surface area contributed by atoms with Gasteiger partial charge in [0.25, 0.3) is 0 Å². The van der Waals surface area contributed by atoms with Crippen LogP contribution in [0.2, 0.25) is 0 Å². The fourth-order valence-corrected chi connectivity index (χ4v) is 3.50. The van der Waals surface area contributed by atoms with E-state index in [1.54, 1.807) is 12.1 Å². The van der Waals surface area contributed by atoms with Crippen molar-refractivity contribution in [1.29, 1.82) is 0 Å². The van der Waals surface area contributed by atoms with Gasteiger partial charge < -0.3 is 10.0 Å². The second-order valence-corrected chi connectivity index (χ2v) is 7.23. The second-order valence-electron chi connectivity index (χ2n) is 7.23. The summed E-state index contributed by atoms with van der Waals surface area (Å²) >= 11 is 0. The molecule has 1 heterocycles. The van der Waals surface area contributed by atoms with Crippen molar-refractivity contribution in [1.82, 2.24) is 15.0 Å². The molecule has 4 aromatic carbocycles. The third kappa shape index (κ3) is 3.94. The summed E-state index contributed by atoms with van der Waals surface area (Å²) in [4.78, 5) is 14.2. The summed E-state index contributed by atoms with van der Waals surface area (Å²) in [7, 11) is -1.49. The number of hydrogen-bond donors (Lipinski definition) is 2. The van der Waals surface area contributed by atoms with Gasteiger partial charge in [0, 0.05) is 16.7 Å². The van der Waals surface area contributed by atoms with Gasteiger partial charge >= 0.3 is 7.12 Å². The molecule has 0 aliphatic heterocycles. The molecule has 5 aromatic rings. The zero-order chi connectivity index (χ0) is 21.2. The monoisotopic (exact) mass is 403 g/mol. The van der Waals surface area contributed by atoms with Crippen LogP contribution in [0.15, 0.2) is 97.1 Å². The molecule has 0 bridgehead atoms. The molecule has 6 heteroatoms. The Hall–Kier alpha value is -3.87. The first-order chi connectivity index (χ1) is 15.2. The van der Waals surface area contributed by atoms with E-state index in [2.05, 4.69) is 0 Å². The van der Waals surface area contributed by atoms with Crippen molar-refractivity contribution in [2.45, 2.75) is 0 Å². The van der Waals surface area contributed by atoms with Gasteiger partial charge in [-0.25, -0.2) is 15.0 Å². The number of nitrogens with zero attached hydrogens (tertiary/aromatic N) is 3. The third-order valence-corrected chi connectivity index (χ3v) is 5.12. The van der Waals surface area contributed by atoms with Gasteiger partial charge in [-0.15, -0.1) is 0 Å². The lowest BCUT2D eigenvalue weighted by Gasteiger charge is -2.09. The molecular formula is C25H18BN3O2. The summed E-state index contributed by atoms with van der Waals surface area (Å²) in [6.07, 6.45) is 0. The molecule has 0 atom stereocenters. The Bertz CT molecular complexity index is 1300. The van der Waals surface area contributed by atoms with Crippen molar-refractivity contribution in [3.8, 4) is 34.2 Å². The van der Waals surface area contributed by atoms with Crippen molar-refractivity contribution in [2.24, 2.45) is 0 Å². The van der Waals surface area contributed by atoms with Crippen LogP contribution in [0.25, 0.3) is 44.9 Å². The molecule has 5 nitrogen and oxygen atoms in total. The summed E-state index contributed by atoms with van der Waals surface area (Å²) in [6.45, 7) is 0. The van der Waals surface area contributed by atoms with Gasteiger partial charge in [0.1, 0.15) is 0 Å². The lowest BCUT2D eigenvalue weighted by atomic mass is 9.79. The van der Waals surface area contributed by atoms with E-state index in [0.717, 1.165) is 27.5 Å². The summed E-state index contributed by atoms with van der Waals surface area (Å²) in [5.74, 6) is 1.81. The lowest BCUT2D eigenvalue weighted by molar-refractivity contribution is 0.426. The molecule has 0 amide bonds. The average molecular weight is 403 g/mol. The van der Waals surface area contributed by atoms with E-state index in [1.165, 1.54) is 0 Å². The van der Waals surface area contributed by atoms with Crippen molar-refractivity contribution in [3.05, 3.63) is 97.1 Å². The van der Waals surface area contributed by atoms with Crippen molar-refractivity contribution < 1.29 is 10.0 Å². The average Bonchev–Trinajstić information content (AvgIpc) is 2.84. The molecule has 0 spiro atoms. The smallest absolute Gasteiger partial charge is 0.423 e. The minimum atomic E-state index is -1.49. The summed E-state index contributed by atoms with van der Waals surface area (Å²) in [6, 6.07) is 30.9. The van der Waals surface area contributed by atoms with Gasteiger partial charge in [0.2, 0.25) is 0 Å². The Morgan fingerprint density at radius 1 is 0.484 bits per heavy atom. The van der Waals surface area contributed by atoms with Crippen LogP contribution in [0.3, 0.4) is 0 Å². The predicted molar refractivity (Wildman–Crippen MR) is 123 cm³/mol. The fraction of sp³-hybridized carbons (Fsp3) is 0. The molecule has 0 aliphatic rings. The van der Waals surface area contributed by atoms with Crippen molar-refractivity contribution >= 4 is 23.4 Å². The highest BCUT2D eigenvalue weighted by molar-refractivity contribution is 6.58. The van der Waals surface area contributed by atoms with Gasteiger partial charge in [0.05, 0.1) is 0 Å². The first-order valence-corrected chi connectivity index (χ1v) is 9.94. The molecule has 0 unspecified atom stereocenters. The largest absolute Gasteiger partial charge is 0.488 e. The SMILES string of the molecule is OB(O)c1ccc2cc(-c3nc(-c4ccccc4)nc(-c4ccccc4)n3)ccc2c1. The highest BCUT2D eigenvalue weighted by Gasteiger charge is 2.14. The van der Waals surface area contributed by atoms with Gasteiger partial charge in [-0.2, -0.15) is 0 Å². The predicted octanol–water partition coefficient (Wildman–Crippen LogP) is 3.71. The zero-order valence-corrected chi connectivity index (χ0v) is 16.6. The standard InChI is InChI=1S/C25H18BN3O2/c30-26(31)22-14-13-19-15-21(12-11-20(19)16-22)25-28-23(17-7-3-1-4-8-17)27-24(29-25)18-9-5-2-6-10-18/h1-16,30-31H. The molecule has 148 valence electrons. The Balaban J connectivity index is 1.66. The van der Waals surface area contributed by atoms with Crippen molar-refractivity contribution in [2.75, 3.05) is 0 Å². The number of rotatable bonds is 4. The quantitative estimate of drug-likeness (QED) is 0.448. The van der Waals surface area contributed by atoms with E-state index in [-0.39, 0.29) is 0 Å². The minimum absolute atomic E-state index is 0.457. The maximum Gasteiger partial charge on any atom is 0.488 e. The van der Waals surface area contributed by atoms with Crippen LogP contribution in [0.5, 0.6) is 0 Å². The van der Waals surface area contributed by atoms with E-state index in [0.29, 0.717) is 22.9 Å². The van der Waals surface area contributed by atoms with Crippen LogP contribution < -0.4 is 5.46 Å². The summed E-state index contributed by atoms with van der Waals surface area (Å²) < 4.78 is 0. The molecule has 0 radical (unpaired) electrons. The first kappa shape index (κ1) is 19.1. The number of hydrogen-bond acceptors (Lipinski definition) is 5. The van der Waals surface area contributed by atoms with Crippen LogP contribution >= 0.6 is 0 Å². The zero-order valence-electron chi connectivity index (χ0n) is 16.6. The Morgan fingerprint density at radius 2 is 0.968 bits per heavy atom. The molecule has 31 heavy (non-hydrogen) atoms. The van der Waals surface area contributed by atoms with E-state index in [1.807, 2.05) is 84.9 Å². The number of aromatic nitrogens is 3. The molecule has 0 saturated carbocycles. The van der Waals surface area contributed by atoms with E-state index < -0.39 is 7.12 Å².